The van der Waals surface area contributed by atoms with Crippen molar-refractivity contribution in [2.24, 2.45) is 10.8 Å². The van der Waals surface area contributed by atoms with Crippen LogP contribution >= 0.6 is 0 Å². The van der Waals surface area contributed by atoms with Crippen LogP contribution in [-0.2, 0) is 0 Å². The second-order valence-electron chi connectivity index (χ2n) is 6.04. The molecule has 0 saturated heterocycles. The van der Waals surface area contributed by atoms with E-state index in [0.29, 0.717) is 0 Å². The van der Waals surface area contributed by atoms with Crippen LogP contribution in [0.25, 0.3) is 0 Å². The lowest BCUT2D eigenvalue weighted by Gasteiger charge is -2.32. The summed E-state index contributed by atoms with van der Waals surface area (Å²) in [5, 5.41) is 0. The highest BCUT2D eigenvalue weighted by atomic mass is 15.1. The Morgan fingerprint density at radius 2 is 1.31 bits per heavy atom. The van der Waals surface area contributed by atoms with Gasteiger partial charge in [0.05, 0.1) is 0 Å². The van der Waals surface area contributed by atoms with E-state index in [0.717, 1.165) is 0 Å². The van der Waals surface area contributed by atoms with Gasteiger partial charge in [0.15, 0.2) is 0 Å². The third-order valence-corrected chi connectivity index (χ3v) is 1.82. The molecule has 1 nitrogen and oxygen atoms in total. The summed E-state index contributed by atoms with van der Waals surface area (Å²) in [7, 11) is 4.23. The highest BCUT2D eigenvalue weighted by molar-refractivity contribution is 5.12. The fourth-order valence-electron chi connectivity index (χ4n) is 1.43. The molecule has 0 aliphatic heterocycles. The van der Waals surface area contributed by atoms with Crippen molar-refractivity contribution in [1.82, 2.24) is 4.90 Å². The molecule has 0 atom stereocenters. The summed E-state index contributed by atoms with van der Waals surface area (Å²) in [6.07, 6.45) is 2.35. The average molecular weight is 183 g/mol. The zero-order valence-electron chi connectivity index (χ0n) is 10.5. The molecule has 0 aromatic carbocycles. The van der Waals surface area contributed by atoms with Crippen molar-refractivity contribution in [3.05, 3.63) is 11.8 Å². The summed E-state index contributed by atoms with van der Waals surface area (Å²) in [6, 6.07) is 0. The Hall–Kier alpha value is -0.460. The minimum Gasteiger partial charge on any atom is -0.381 e. The molecule has 0 bridgehead atoms. The Bertz CT molecular complexity index is 186. The number of nitrogens with zero attached hydrogens (tertiary/aromatic N) is 1. The quantitative estimate of drug-likeness (QED) is 0.601. The van der Waals surface area contributed by atoms with Crippen molar-refractivity contribution in [3.63, 3.8) is 0 Å². The first-order valence-electron chi connectivity index (χ1n) is 4.95. The van der Waals surface area contributed by atoms with Crippen molar-refractivity contribution >= 4 is 0 Å². The third kappa shape index (κ3) is 4.97. The van der Waals surface area contributed by atoms with E-state index in [2.05, 4.69) is 66.6 Å². The van der Waals surface area contributed by atoms with Gasteiger partial charge < -0.3 is 4.90 Å². The van der Waals surface area contributed by atoms with Gasteiger partial charge in [-0.25, -0.2) is 0 Å². The Kier molecular flexibility index (Phi) is 3.60. The van der Waals surface area contributed by atoms with Crippen LogP contribution in [0, 0.1) is 10.8 Å². The molecule has 1 heteroatoms. The van der Waals surface area contributed by atoms with Crippen LogP contribution < -0.4 is 0 Å². The van der Waals surface area contributed by atoms with Crippen LogP contribution in [0.4, 0.5) is 0 Å². The molecule has 0 heterocycles. The lowest BCUT2D eigenvalue weighted by Crippen LogP contribution is -2.25. The highest BCUT2D eigenvalue weighted by Gasteiger charge is 2.21. The lowest BCUT2D eigenvalue weighted by atomic mass is 9.85. The van der Waals surface area contributed by atoms with E-state index in [-0.39, 0.29) is 10.8 Å². The third-order valence-electron chi connectivity index (χ3n) is 1.82. The number of rotatable bonds is 1. The molecule has 0 saturated carbocycles. The Morgan fingerprint density at radius 1 is 0.923 bits per heavy atom. The zero-order valence-corrected chi connectivity index (χ0v) is 10.5. The van der Waals surface area contributed by atoms with Gasteiger partial charge in [0.2, 0.25) is 0 Å². The van der Waals surface area contributed by atoms with E-state index >= 15 is 0 Å². The van der Waals surface area contributed by atoms with E-state index in [9.17, 15) is 0 Å². The predicted molar refractivity (Wildman–Crippen MR) is 60.7 cm³/mol. The fraction of sp³-hybridized carbons (Fsp3) is 0.833. The minimum atomic E-state index is 0.233. The molecule has 0 aromatic heterocycles. The topological polar surface area (TPSA) is 3.24 Å². The van der Waals surface area contributed by atoms with E-state index in [1.807, 2.05) is 0 Å². The summed E-state index contributed by atoms with van der Waals surface area (Å²) in [4.78, 5) is 2.21. The first-order chi connectivity index (χ1) is 5.54. The van der Waals surface area contributed by atoms with E-state index < -0.39 is 0 Å². The summed E-state index contributed by atoms with van der Waals surface area (Å²) in [5.74, 6) is 0. The van der Waals surface area contributed by atoms with Crippen LogP contribution in [0.1, 0.15) is 41.5 Å². The number of hydrogen-bond donors (Lipinski definition) is 0. The molecule has 0 spiro atoms. The molecule has 0 aliphatic rings. The van der Waals surface area contributed by atoms with Crippen LogP contribution in [0.3, 0.4) is 0 Å². The summed E-state index contributed by atoms with van der Waals surface area (Å²) in [5.41, 5.74) is 1.89. The number of hydrogen-bond acceptors (Lipinski definition) is 1. The lowest BCUT2D eigenvalue weighted by molar-refractivity contribution is 0.339. The van der Waals surface area contributed by atoms with Gasteiger partial charge in [-0.2, -0.15) is 0 Å². The first kappa shape index (κ1) is 12.5. The Balaban J connectivity index is 4.95. The zero-order chi connectivity index (χ0) is 10.9. The van der Waals surface area contributed by atoms with Gasteiger partial charge in [0.25, 0.3) is 0 Å². The standard InChI is InChI=1S/C12H25N/c1-11(2,3)9-10(13(7)8)12(4,5)6/h9H,1-8H3/b10-9+. The van der Waals surface area contributed by atoms with Crippen LogP contribution in [0.2, 0.25) is 0 Å². The fourth-order valence-corrected chi connectivity index (χ4v) is 1.43. The predicted octanol–water partition coefficient (Wildman–Crippen LogP) is 3.52. The molecule has 0 aliphatic carbocycles. The number of allylic oxidation sites excluding steroid dienone is 2. The molecule has 0 N–H and O–H groups in total. The van der Waals surface area contributed by atoms with Crippen LogP contribution in [0.5, 0.6) is 0 Å². The SMILES string of the molecule is CN(C)/C(=C/C(C)(C)C)C(C)(C)C. The van der Waals surface area contributed by atoms with Crippen molar-refractivity contribution in [1.29, 1.82) is 0 Å². The van der Waals surface area contributed by atoms with Crippen molar-refractivity contribution in [2.75, 3.05) is 14.1 Å². The van der Waals surface area contributed by atoms with Crippen molar-refractivity contribution < 1.29 is 0 Å². The maximum atomic E-state index is 2.35. The molecule has 0 fully saturated rings. The smallest absolute Gasteiger partial charge is 0.0147 e. The second-order valence-corrected chi connectivity index (χ2v) is 6.04. The maximum absolute atomic E-state index is 2.35. The molecule has 0 aromatic rings. The van der Waals surface area contributed by atoms with E-state index in [1.165, 1.54) is 5.70 Å². The van der Waals surface area contributed by atoms with Gasteiger partial charge in [0.1, 0.15) is 0 Å². The highest BCUT2D eigenvalue weighted by Crippen LogP contribution is 2.30. The Labute approximate surface area is 83.8 Å². The van der Waals surface area contributed by atoms with E-state index in [4.69, 9.17) is 0 Å². The van der Waals surface area contributed by atoms with Gasteiger partial charge >= 0.3 is 0 Å². The first-order valence-corrected chi connectivity index (χ1v) is 4.95. The van der Waals surface area contributed by atoms with Gasteiger partial charge in [-0.3, -0.25) is 0 Å². The molecule has 0 radical (unpaired) electrons. The average Bonchev–Trinajstić information content (AvgIpc) is 1.77. The largest absolute Gasteiger partial charge is 0.381 e. The molecule has 78 valence electrons. The van der Waals surface area contributed by atoms with Crippen molar-refractivity contribution in [3.8, 4) is 0 Å². The molecule has 0 amide bonds. The molecular weight excluding hydrogens is 158 g/mol. The van der Waals surface area contributed by atoms with Crippen LogP contribution in [0.15, 0.2) is 11.8 Å². The van der Waals surface area contributed by atoms with Crippen molar-refractivity contribution in [2.45, 2.75) is 41.5 Å². The van der Waals surface area contributed by atoms with Crippen LogP contribution in [-0.4, -0.2) is 19.0 Å². The molecule has 13 heavy (non-hydrogen) atoms. The maximum Gasteiger partial charge on any atom is 0.0147 e. The normalized spacial score (nSPS) is 14.6. The van der Waals surface area contributed by atoms with Gasteiger partial charge in [-0.1, -0.05) is 47.6 Å². The molecule has 0 rings (SSSR count). The van der Waals surface area contributed by atoms with E-state index in [1.54, 1.807) is 0 Å². The summed E-state index contributed by atoms with van der Waals surface area (Å²) < 4.78 is 0. The summed E-state index contributed by atoms with van der Waals surface area (Å²) >= 11 is 0. The minimum absolute atomic E-state index is 0.233. The summed E-state index contributed by atoms with van der Waals surface area (Å²) in [6.45, 7) is 13.5. The molecular formula is C12H25N. The van der Waals surface area contributed by atoms with Gasteiger partial charge in [-0.05, 0) is 5.41 Å². The molecule has 0 unspecified atom stereocenters. The Morgan fingerprint density at radius 3 is 1.38 bits per heavy atom. The second kappa shape index (κ2) is 3.73. The monoisotopic (exact) mass is 183 g/mol. The van der Waals surface area contributed by atoms with Gasteiger partial charge in [-0.15, -0.1) is 0 Å². The van der Waals surface area contributed by atoms with Gasteiger partial charge in [0, 0.05) is 25.2 Å².